The van der Waals surface area contributed by atoms with E-state index < -0.39 is 0 Å². The maximum atomic E-state index is 12.5. The number of nitrogens with two attached hydrogens (primary N) is 1. The minimum Gasteiger partial charge on any atom is -0.395 e. The van der Waals surface area contributed by atoms with E-state index in [2.05, 4.69) is 5.10 Å². The number of rotatable bonds is 3. The topological polar surface area (TPSA) is 64.2 Å². The average Bonchev–Trinajstić information content (AvgIpc) is 2.63. The molecule has 0 unspecified atom stereocenters. The number of carbonyl (C=O) groups is 1. The van der Waals surface area contributed by atoms with Crippen molar-refractivity contribution in [3.05, 3.63) is 11.4 Å². The molecule has 2 rings (SSSR count). The van der Waals surface area contributed by atoms with Crippen molar-refractivity contribution >= 4 is 11.6 Å². The third-order valence-corrected chi connectivity index (χ3v) is 4.07. The summed E-state index contributed by atoms with van der Waals surface area (Å²) in [6.45, 7) is 2.65. The first-order valence-corrected chi connectivity index (χ1v) is 7.05. The fourth-order valence-electron chi connectivity index (χ4n) is 2.95. The monoisotopic (exact) mass is 264 g/mol. The quantitative estimate of drug-likeness (QED) is 0.907. The SMILES string of the molecule is Cc1nn(C)c(C(=O)N(C)CC2CCCCC2)c1N. The summed E-state index contributed by atoms with van der Waals surface area (Å²) in [6.07, 6.45) is 6.39. The lowest BCUT2D eigenvalue weighted by Gasteiger charge is -2.27. The molecule has 0 aliphatic heterocycles. The largest absolute Gasteiger partial charge is 0.395 e. The highest BCUT2D eigenvalue weighted by Crippen LogP contribution is 2.25. The molecule has 0 saturated heterocycles. The summed E-state index contributed by atoms with van der Waals surface area (Å²) in [5.41, 5.74) is 7.68. The van der Waals surface area contributed by atoms with Crippen LogP contribution in [0.15, 0.2) is 0 Å². The van der Waals surface area contributed by atoms with E-state index in [0.717, 1.165) is 12.2 Å². The van der Waals surface area contributed by atoms with E-state index in [4.69, 9.17) is 5.73 Å². The highest BCUT2D eigenvalue weighted by Gasteiger charge is 2.24. The Balaban J connectivity index is 2.05. The van der Waals surface area contributed by atoms with E-state index in [1.54, 1.807) is 16.6 Å². The molecule has 0 radical (unpaired) electrons. The summed E-state index contributed by atoms with van der Waals surface area (Å²) >= 11 is 0. The molecule has 2 N–H and O–H groups in total. The van der Waals surface area contributed by atoms with Crippen molar-refractivity contribution in [1.29, 1.82) is 0 Å². The van der Waals surface area contributed by atoms with E-state index in [1.165, 1.54) is 32.1 Å². The summed E-state index contributed by atoms with van der Waals surface area (Å²) in [4.78, 5) is 14.3. The van der Waals surface area contributed by atoms with Gasteiger partial charge >= 0.3 is 0 Å². The predicted molar refractivity (Wildman–Crippen MR) is 75.9 cm³/mol. The normalized spacial score (nSPS) is 16.6. The van der Waals surface area contributed by atoms with Crippen LogP contribution in [-0.2, 0) is 7.05 Å². The van der Waals surface area contributed by atoms with Gasteiger partial charge in [0.1, 0.15) is 5.69 Å². The van der Waals surface area contributed by atoms with Gasteiger partial charge in [0.25, 0.3) is 5.91 Å². The van der Waals surface area contributed by atoms with Gasteiger partial charge in [-0.15, -0.1) is 0 Å². The molecule has 1 aromatic heterocycles. The number of amides is 1. The third kappa shape index (κ3) is 2.91. The Morgan fingerprint density at radius 2 is 2.05 bits per heavy atom. The molecule has 0 spiro atoms. The summed E-state index contributed by atoms with van der Waals surface area (Å²) < 4.78 is 1.59. The van der Waals surface area contributed by atoms with Crippen LogP contribution >= 0.6 is 0 Å². The third-order valence-electron chi connectivity index (χ3n) is 4.07. The number of hydrogen-bond donors (Lipinski definition) is 1. The Bertz CT molecular complexity index is 460. The number of aryl methyl sites for hydroxylation is 2. The molecular formula is C14H24N4O. The van der Waals surface area contributed by atoms with Crippen LogP contribution in [0.2, 0.25) is 0 Å². The minimum absolute atomic E-state index is 0.0221. The Kier molecular flexibility index (Phi) is 4.12. The second kappa shape index (κ2) is 5.63. The molecule has 1 amide bonds. The lowest BCUT2D eigenvalue weighted by Crippen LogP contribution is -2.34. The molecule has 0 bridgehead atoms. The predicted octanol–water partition coefficient (Wildman–Crippen LogP) is 1.96. The maximum absolute atomic E-state index is 12.5. The van der Waals surface area contributed by atoms with Crippen LogP contribution in [0.1, 0.15) is 48.3 Å². The molecule has 1 aliphatic carbocycles. The van der Waals surface area contributed by atoms with Crippen molar-refractivity contribution in [2.24, 2.45) is 13.0 Å². The van der Waals surface area contributed by atoms with Gasteiger partial charge in [-0.3, -0.25) is 9.48 Å². The van der Waals surface area contributed by atoms with Crippen molar-refractivity contribution in [2.75, 3.05) is 19.3 Å². The zero-order chi connectivity index (χ0) is 14.0. The van der Waals surface area contributed by atoms with Crippen molar-refractivity contribution in [3.8, 4) is 0 Å². The molecule has 1 fully saturated rings. The van der Waals surface area contributed by atoms with Crippen molar-refractivity contribution in [2.45, 2.75) is 39.0 Å². The van der Waals surface area contributed by atoms with Gasteiger partial charge in [-0.25, -0.2) is 0 Å². The van der Waals surface area contributed by atoms with Crippen LogP contribution in [0.3, 0.4) is 0 Å². The van der Waals surface area contributed by atoms with E-state index in [0.29, 0.717) is 17.3 Å². The molecule has 106 valence electrons. The molecule has 1 saturated carbocycles. The molecular weight excluding hydrogens is 240 g/mol. The van der Waals surface area contributed by atoms with Gasteiger partial charge in [-0.05, 0) is 25.7 Å². The molecule has 1 aromatic rings. The Labute approximate surface area is 114 Å². The fourth-order valence-corrected chi connectivity index (χ4v) is 2.95. The first-order chi connectivity index (χ1) is 9.00. The van der Waals surface area contributed by atoms with Gasteiger partial charge in [0.2, 0.25) is 0 Å². The Hall–Kier alpha value is -1.52. The molecule has 0 aromatic carbocycles. The zero-order valence-electron chi connectivity index (χ0n) is 12.1. The smallest absolute Gasteiger partial charge is 0.274 e. The van der Waals surface area contributed by atoms with Gasteiger partial charge in [-0.1, -0.05) is 19.3 Å². The van der Waals surface area contributed by atoms with E-state index in [9.17, 15) is 4.79 Å². The second-order valence-electron chi connectivity index (χ2n) is 5.66. The number of nitrogen functional groups attached to an aromatic ring is 1. The summed E-state index contributed by atoms with van der Waals surface area (Å²) in [7, 11) is 3.63. The lowest BCUT2D eigenvalue weighted by molar-refractivity contribution is 0.0751. The van der Waals surface area contributed by atoms with Crippen molar-refractivity contribution in [3.63, 3.8) is 0 Å². The highest BCUT2D eigenvalue weighted by molar-refractivity contribution is 5.97. The maximum Gasteiger partial charge on any atom is 0.274 e. The number of anilines is 1. The van der Waals surface area contributed by atoms with Crippen LogP contribution in [0.4, 0.5) is 5.69 Å². The summed E-state index contributed by atoms with van der Waals surface area (Å²) in [5, 5.41) is 4.21. The number of hydrogen-bond acceptors (Lipinski definition) is 3. The van der Waals surface area contributed by atoms with Crippen LogP contribution in [0.25, 0.3) is 0 Å². The molecule has 19 heavy (non-hydrogen) atoms. The standard InChI is InChI=1S/C14H24N4O/c1-10-12(15)13(18(3)16-10)14(19)17(2)9-11-7-5-4-6-8-11/h11H,4-9,15H2,1-3H3. The van der Waals surface area contributed by atoms with Crippen LogP contribution in [0.5, 0.6) is 0 Å². The average molecular weight is 264 g/mol. The number of carbonyl (C=O) groups excluding carboxylic acids is 1. The van der Waals surface area contributed by atoms with Crippen LogP contribution < -0.4 is 5.73 Å². The van der Waals surface area contributed by atoms with Gasteiger partial charge < -0.3 is 10.6 Å². The molecule has 1 aliphatic rings. The first-order valence-electron chi connectivity index (χ1n) is 7.05. The van der Waals surface area contributed by atoms with Crippen LogP contribution in [0, 0.1) is 12.8 Å². The van der Waals surface area contributed by atoms with E-state index >= 15 is 0 Å². The van der Waals surface area contributed by atoms with Gasteiger partial charge in [0.15, 0.2) is 0 Å². The lowest BCUT2D eigenvalue weighted by atomic mass is 9.89. The zero-order valence-corrected chi connectivity index (χ0v) is 12.1. The van der Waals surface area contributed by atoms with Crippen molar-refractivity contribution in [1.82, 2.24) is 14.7 Å². The molecule has 5 heteroatoms. The summed E-state index contributed by atoms with van der Waals surface area (Å²) in [6, 6.07) is 0. The van der Waals surface area contributed by atoms with E-state index in [1.807, 2.05) is 14.0 Å². The Morgan fingerprint density at radius 1 is 1.42 bits per heavy atom. The number of nitrogens with zero attached hydrogens (tertiary/aromatic N) is 3. The van der Waals surface area contributed by atoms with Gasteiger partial charge in [0, 0.05) is 20.6 Å². The first kappa shape index (κ1) is 13.9. The highest BCUT2D eigenvalue weighted by atomic mass is 16.2. The fraction of sp³-hybridized carbons (Fsp3) is 0.714. The Morgan fingerprint density at radius 3 is 2.58 bits per heavy atom. The number of aromatic nitrogens is 2. The molecule has 5 nitrogen and oxygen atoms in total. The second-order valence-corrected chi connectivity index (χ2v) is 5.66. The van der Waals surface area contributed by atoms with Gasteiger partial charge in [-0.2, -0.15) is 5.10 Å². The minimum atomic E-state index is -0.0221. The summed E-state index contributed by atoms with van der Waals surface area (Å²) in [5.74, 6) is 0.615. The van der Waals surface area contributed by atoms with Crippen molar-refractivity contribution < 1.29 is 4.79 Å². The molecule has 0 atom stereocenters. The van der Waals surface area contributed by atoms with Gasteiger partial charge in [0.05, 0.1) is 11.4 Å². The molecule has 1 heterocycles. The van der Waals surface area contributed by atoms with Crippen LogP contribution in [-0.4, -0.2) is 34.2 Å². The van der Waals surface area contributed by atoms with E-state index in [-0.39, 0.29) is 5.91 Å².